The summed E-state index contributed by atoms with van der Waals surface area (Å²) in [5, 5.41) is 12.4. The number of rotatable bonds is 7. The molecule has 12 nitrogen and oxygen atoms in total. The molecule has 6 N–H and O–H groups in total. The molecule has 4 aliphatic rings. The van der Waals surface area contributed by atoms with Crippen LogP contribution >= 0.6 is 0 Å². The maximum absolute atomic E-state index is 13.0. The number of aromatic nitrogens is 2. The average molecular weight is 607 g/mol. The molecule has 2 aromatic rings. The van der Waals surface area contributed by atoms with Gasteiger partial charge in [-0.2, -0.15) is 4.98 Å². The number of carbonyl (C=O) groups is 2. The summed E-state index contributed by atoms with van der Waals surface area (Å²) >= 11 is 0. The zero-order valence-electron chi connectivity index (χ0n) is 25.7. The van der Waals surface area contributed by atoms with Crippen LogP contribution in [-0.2, 0) is 17.6 Å². The lowest BCUT2D eigenvalue weighted by molar-refractivity contribution is -0.150. The molecular weight excluding hydrogens is 560 g/mol. The summed E-state index contributed by atoms with van der Waals surface area (Å²) in [6.07, 6.45) is 12.2. The highest BCUT2D eigenvalue weighted by atomic mass is 16.3. The molecule has 44 heavy (non-hydrogen) atoms. The Morgan fingerprint density at radius 1 is 1.00 bits per heavy atom. The van der Waals surface area contributed by atoms with Gasteiger partial charge in [-0.15, -0.1) is 0 Å². The van der Waals surface area contributed by atoms with Crippen LogP contribution in [0.2, 0.25) is 0 Å². The molecule has 2 atom stereocenters. The van der Waals surface area contributed by atoms with Crippen molar-refractivity contribution in [2.45, 2.75) is 88.6 Å². The number of nitrogens with two attached hydrogens (primary N) is 2. The molecule has 0 spiro atoms. The van der Waals surface area contributed by atoms with Gasteiger partial charge in [0, 0.05) is 57.0 Å². The molecule has 3 amide bonds. The number of urea groups is 1. The minimum atomic E-state index is -1.94. The fourth-order valence-corrected chi connectivity index (χ4v) is 7.07. The van der Waals surface area contributed by atoms with E-state index in [1.165, 1.54) is 64.6 Å². The first-order chi connectivity index (χ1) is 21.0. The number of hydrogen-bond acceptors (Lipinski definition) is 8. The van der Waals surface area contributed by atoms with Crippen molar-refractivity contribution in [1.29, 1.82) is 0 Å². The summed E-state index contributed by atoms with van der Waals surface area (Å²) in [4.78, 5) is 47.9. The minimum absolute atomic E-state index is 0.167. The van der Waals surface area contributed by atoms with Gasteiger partial charge in [0.25, 0.3) is 5.91 Å². The van der Waals surface area contributed by atoms with Crippen LogP contribution in [0, 0.1) is 5.92 Å². The Balaban J connectivity index is 1.07. The largest absolute Gasteiger partial charge is 0.368 e. The molecule has 0 radical (unpaired) electrons. The topological polar surface area (TPSA) is 163 Å². The van der Waals surface area contributed by atoms with Crippen molar-refractivity contribution in [2.24, 2.45) is 17.4 Å². The second-order valence-electron chi connectivity index (χ2n) is 13.4. The average Bonchev–Trinajstić information content (AvgIpc) is 3.84. The van der Waals surface area contributed by atoms with Crippen molar-refractivity contribution >= 4 is 17.8 Å². The summed E-state index contributed by atoms with van der Waals surface area (Å²) in [7, 11) is 0. The summed E-state index contributed by atoms with van der Waals surface area (Å²) < 4.78 is 1.51. The number of hydrogen-bond donors (Lipinski definition) is 4. The summed E-state index contributed by atoms with van der Waals surface area (Å²) in [5.74, 6) is 0.447. The van der Waals surface area contributed by atoms with E-state index < -0.39 is 23.4 Å². The SMILES string of the molecule is CC(N)(O)C(=O)N1CCN(C(=O)Nc2ccn(-c3ccc4c(c3)CCC(N(CC3CC3)C3CCC(N)CC3)C4)c(=O)n2)CC1. The van der Waals surface area contributed by atoms with Crippen LogP contribution < -0.4 is 22.5 Å². The van der Waals surface area contributed by atoms with Crippen LogP contribution in [0.3, 0.4) is 0 Å². The van der Waals surface area contributed by atoms with Gasteiger partial charge in [0.2, 0.25) is 0 Å². The van der Waals surface area contributed by atoms with Gasteiger partial charge >= 0.3 is 11.7 Å². The van der Waals surface area contributed by atoms with Crippen LogP contribution in [0.4, 0.5) is 10.6 Å². The van der Waals surface area contributed by atoms with Gasteiger partial charge < -0.3 is 20.6 Å². The molecule has 3 fully saturated rings. The molecular formula is C32H46N8O4. The van der Waals surface area contributed by atoms with Crippen molar-refractivity contribution in [2.75, 3.05) is 38.0 Å². The first kappa shape index (κ1) is 30.7. The number of carbonyl (C=O) groups excluding carboxylic acids is 2. The first-order valence-electron chi connectivity index (χ1n) is 16.1. The molecule has 2 unspecified atom stereocenters. The molecule has 2 saturated carbocycles. The molecule has 0 bridgehead atoms. The maximum Gasteiger partial charge on any atom is 0.354 e. The number of benzene rings is 1. The highest BCUT2D eigenvalue weighted by Gasteiger charge is 2.36. The number of anilines is 1. The second-order valence-corrected chi connectivity index (χ2v) is 13.4. The molecule has 2 heterocycles. The van der Waals surface area contributed by atoms with Crippen molar-refractivity contribution in [3.63, 3.8) is 0 Å². The molecule has 238 valence electrons. The fraction of sp³-hybridized carbons (Fsp3) is 0.625. The predicted octanol–water partition coefficient (Wildman–Crippen LogP) is 1.42. The Kier molecular flexibility index (Phi) is 8.78. The Hall–Kier alpha value is -3.32. The third-order valence-electron chi connectivity index (χ3n) is 9.84. The summed E-state index contributed by atoms with van der Waals surface area (Å²) in [6, 6.07) is 9.04. The van der Waals surface area contributed by atoms with E-state index in [-0.39, 0.29) is 32.0 Å². The fourth-order valence-electron chi connectivity index (χ4n) is 7.07. The van der Waals surface area contributed by atoms with Crippen molar-refractivity contribution in [1.82, 2.24) is 24.3 Å². The number of piperazine rings is 1. The lowest BCUT2D eigenvalue weighted by Gasteiger charge is -2.43. The van der Waals surface area contributed by atoms with Crippen molar-refractivity contribution < 1.29 is 14.7 Å². The third kappa shape index (κ3) is 6.98. The van der Waals surface area contributed by atoms with E-state index >= 15 is 0 Å². The molecule has 1 aliphatic heterocycles. The van der Waals surface area contributed by atoms with Gasteiger partial charge in [0.05, 0.1) is 5.69 Å². The smallest absolute Gasteiger partial charge is 0.354 e. The lowest BCUT2D eigenvalue weighted by atomic mass is 9.84. The van der Waals surface area contributed by atoms with Gasteiger partial charge in [0.15, 0.2) is 5.72 Å². The number of nitrogens with zero attached hydrogens (tertiary/aromatic N) is 5. The maximum atomic E-state index is 13.0. The van der Waals surface area contributed by atoms with E-state index in [0.717, 1.165) is 43.7 Å². The molecule has 6 rings (SSSR count). The first-order valence-corrected chi connectivity index (χ1v) is 16.1. The Bertz CT molecular complexity index is 1420. The molecule has 3 aliphatic carbocycles. The summed E-state index contributed by atoms with van der Waals surface area (Å²) in [6.45, 7) is 3.50. The molecule has 1 aromatic carbocycles. The number of fused-ring (bicyclic) bond motifs is 1. The van der Waals surface area contributed by atoms with E-state index in [2.05, 4.69) is 27.3 Å². The zero-order valence-corrected chi connectivity index (χ0v) is 25.7. The standard InChI is InChI=1S/C32H46N8O4/c1-32(34,44)29(41)37-14-16-38(17-15-37)30(42)35-28-12-13-39(31(43)36-28)26-8-4-23-19-27(9-5-22(23)18-26)40(20-21-2-3-21)25-10-6-24(33)7-11-25/h4,8,12-13,18,21,24-25,27,44H,2-3,5-7,9-11,14-17,19-20,33-34H2,1H3,(H,35,36,42,43). The highest BCUT2D eigenvalue weighted by Crippen LogP contribution is 2.36. The van der Waals surface area contributed by atoms with Crippen LogP contribution in [0.5, 0.6) is 0 Å². The van der Waals surface area contributed by atoms with Crippen LogP contribution in [-0.4, -0.2) is 97.9 Å². The third-order valence-corrected chi connectivity index (χ3v) is 9.84. The number of amides is 3. The Labute approximate surface area is 258 Å². The summed E-state index contributed by atoms with van der Waals surface area (Å²) in [5.41, 5.74) is 12.7. The van der Waals surface area contributed by atoms with E-state index in [1.807, 2.05) is 6.07 Å². The predicted molar refractivity (Wildman–Crippen MR) is 167 cm³/mol. The van der Waals surface area contributed by atoms with Crippen LogP contribution in [0.15, 0.2) is 35.3 Å². The van der Waals surface area contributed by atoms with E-state index in [1.54, 1.807) is 12.3 Å². The quantitative estimate of drug-likeness (QED) is 0.344. The van der Waals surface area contributed by atoms with E-state index in [9.17, 15) is 19.5 Å². The number of nitrogens with one attached hydrogen (secondary N) is 1. The van der Waals surface area contributed by atoms with Gasteiger partial charge in [-0.25, -0.2) is 9.59 Å². The van der Waals surface area contributed by atoms with Crippen LogP contribution in [0.1, 0.15) is 63.0 Å². The van der Waals surface area contributed by atoms with Gasteiger partial charge in [-0.3, -0.25) is 25.3 Å². The minimum Gasteiger partial charge on any atom is -0.368 e. The highest BCUT2D eigenvalue weighted by molar-refractivity contribution is 5.89. The zero-order chi connectivity index (χ0) is 31.0. The Morgan fingerprint density at radius 3 is 2.36 bits per heavy atom. The van der Waals surface area contributed by atoms with Gasteiger partial charge in [-0.05, 0) is 100.0 Å². The van der Waals surface area contributed by atoms with Crippen LogP contribution in [0.25, 0.3) is 5.69 Å². The van der Waals surface area contributed by atoms with Gasteiger partial charge in [-0.1, -0.05) is 6.07 Å². The Morgan fingerprint density at radius 2 is 1.70 bits per heavy atom. The van der Waals surface area contributed by atoms with E-state index in [0.29, 0.717) is 18.1 Å². The normalized spacial score (nSPS) is 25.3. The monoisotopic (exact) mass is 606 g/mol. The second kappa shape index (κ2) is 12.6. The number of aryl methyl sites for hydroxylation is 1. The molecule has 1 saturated heterocycles. The van der Waals surface area contributed by atoms with Gasteiger partial charge in [0.1, 0.15) is 5.82 Å². The van der Waals surface area contributed by atoms with E-state index in [4.69, 9.17) is 11.5 Å². The number of aliphatic hydroxyl groups is 1. The van der Waals surface area contributed by atoms with Crippen molar-refractivity contribution in [3.8, 4) is 5.69 Å². The molecule has 1 aromatic heterocycles. The lowest BCUT2D eigenvalue weighted by Crippen LogP contribution is -2.59. The van der Waals surface area contributed by atoms with Crippen molar-refractivity contribution in [3.05, 3.63) is 52.1 Å². The molecule has 12 heteroatoms.